The maximum atomic E-state index is 8.71. The molecular weight excluding hydrogens is 206 g/mol. The van der Waals surface area contributed by atoms with Crippen LogP contribution < -0.4 is 0 Å². The van der Waals surface area contributed by atoms with Crippen molar-refractivity contribution in [2.24, 2.45) is 0 Å². The van der Waals surface area contributed by atoms with Crippen molar-refractivity contribution < 1.29 is 0 Å². The van der Waals surface area contributed by atoms with Crippen LogP contribution in [0.2, 0.25) is 0 Å². The molecule has 0 aromatic carbocycles. The van der Waals surface area contributed by atoms with Crippen LogP contribution in [0.15, 0.2) is 36.2 Å². The van der Waals surface area contributed by atoms with Gasteiger partial charge in [-0.15, -0.1) is 11.8 Å². The molecule has 76 valence electrons. The number of thioether (sulfide) groups is 1. The van der Waals surface area contributed by atoms with Crippen molar-refractivity contribution in [3.8, 4) is 6.07 Å². The molecule has 1 N–H and O–H groups in total. The van der Waals surface area contributed by atoms with E-state index in [0.29, 0.717) is 16.4 Å². The Balaban J connectivity index is 2.53. The summed E-state index contributed by atoms with van der Waals surface area (Å²) in [6.07, 6.45) is 5.13. The van der Waals surface area contributed by atoms with Crippen LogP contribution in [0.3, 0.4) is 0 Å². The van der Waals surface area contributed by atoms with Crippen LogP contribution in [0.5, 0.6) is 0 Å². The maximum Gasteiger partial charge on any atom is 0.105 e. The van der Waals surface area contributed by atoms with E-state index in [1.165, 1.54) is 11.8 Å². The first-order chi connectivity index (χ1) is 7.27. The van der Waals surface area contributed by atoms with Gasteiger partial charge in [0.25, 0.3) is 0 Å². The van der Waals surface area contributed by atoms with Crippen molar-refractivity contribution in [3.63, 3.8) is 0 Å². The molecule has 0 fully saturated rings. The molecule has 1 aromatic heterocycles. The first kappa shape index (κ1) is 11.5. The van der Waals surface area contributed by atoms with Crippen molar-refractivity contribution in [2.45, 2.75) is 12.7 Å². The molecule has 0 saturated heterocycles. The molecule has 15 heavy (non-hydrogen) atoms. The number of nitrogens with zero attached hydrogens (tertiary/aromatic N) is 2. The van der Waals surface area contributed by atoms with E-state index in [0.717, 1.165) is 5.56 Å². The average molecular weight is 217 g/mol. The summed E-state index contributed by atoms with van der Waals surface area (Å²) >= 11 is 1.34. The Hall–Kier alpha value is -1.60. The molecule has 1 aromatic rings. The second kappa shape index (κ2) is 5.99. The number of aromatic nitrogens is 1. The summed E-state index contributed by atoms with van der Waals surface area (Å²) in [6, 6.07) is 5.80. The lowest BCUT2D eigenvalue weighted by molar-refractivity contribution is 1.25. The molecule has 0 unspecified atom stereocenters. The highest BCUT2D eigenvalue weighted by Gasteiger charge is 2.04. The molecule has 0 aliphatic carbocycles. The van der Waals surface area contributed by atoms with E-state index in [1.807, 2.05) is 18.2 Å². The highest BCUT2D eigenvalue weighted by Crippen LogP contribution is 2.16. The number of nitriles is 1. The van der Waals surface area contributed by atoms with Crippen LogP contribution in [-0.4, -0.2) is 10.0 Å². The number of nitrogens with one attached hydrogen (secondary N) is 1. The van der Waals surface area contributed by atoms with Crippen molar-refractivity contribution in [1.82, 2.24) is 4.98 Å². The summed E-state index contributed by atoms with van der Waals surface area (Å²) in [6.45, 7) is 1.76. The Kier molecular flexibility index (Phi) is 4.58. The van der Waals surface area contributed by atoms with Crippen LogP contribution >= 0.6 is 11.8 Å². The lowest BCUT2D eigenvalue weighted by Crippen LogP contribution is -1.94. The van der Waals surface area contributed by atoms with Crippen LogP contribution in [0.1, 0.15) is 12.5 Å². The van der Waals surface area contributed by atoms with E-state index < -0.39 is 0 Å². The molecule has 4 heteroatoms. The summed E-state index contributed by atoms with van der Waals surface area (Å²) < 4.78 is 0. The van der Waals surface area contributed by atoms with Gasteiger partial charge in [0, 0.05) is 18.1 Å². The largest absolute Gasteiger partial charge is 0.293 e. The molecule has 0 bridgehead atoms. The molecule has 0 radical (unpaired) electrons. The van der Waals surface area contributed by atoms with E-state index in [9.17, 15) is 0 Å². The van der Waals surface area contributed by atoms with Crippen molar-refractivity contribution in [1.29, 1.82) is 10.7 Å². The van der Waals surface area contributed by atoms with Crippen molar-refractivity contribution in [2.75, 3.05) is 0 Å². The third-order valence-corrected chi connectivity index (χ3v) is 2.75. The fourth-order valence-electron chi connectivity index (χ4n) is 0.963. The predicted octanol–water partition coefficient (Wildman–Crippen LogP) is 2.76. The predicted molar refractivity (Wildman–Crippen MR) is 62.6 cm³/mol. The van der Waals surface area contributed by atoms with Gasteiger partial charge in [0.15, 0.2) is 0 Å². The number of hydrogen-bond acceptors (Lipinski definition) is 4. The normalized spacial score (nSPS) is 10.8. The molecular formula is C11H11N3S. The van der Waals surface area contributed by atoms with E-state index in [-0.39, 0.29) is 0 Å². The molecule has 1 heterocycles. The molecule has 0 amide bonds. The minimum absolute atomic E-state index is 0.309. The van der Waals surface area contributed by atoms with Gasteiger partial charge in [-0.05, 0) is 18.6 Å². The van der Waals surface area contributed by atoms with Crippen molar-refractivity contribution >= 4 is 16.8 Å². The zero-order chi connectivity index (χ0) is 11.1. The Bertz CT molecular complexity index is 404. The van der Waals surface area contributed by atoms with Gasteiger partial charge < -0.3 is 0 Å². The summed E-state index contributed by atoms with van der Waals surface area (Å²) in [7, 11) is 0. The smallest absolute Gasteiger partial charge is 0.105 e. The number of hydrogen-bond donors (Lipinski definition) is 1. The molecule has 0 atom stereocenters. The van der Waals surface area contributed by atoms with Gasteiger partial charge in [0.1, 0.15) is 11.1 Å². The highest BCUT2D eigenvalue weighted by atomic mass is 32.2. The lowest BCUT2D eigenvalue weighted by atomic mass is 10.3. The molecule has 0 spiro atoms. The van der Waals surface area contributed by atoms with Crippen LogP contribution in [0, 0.1) is 16.7 Å². The fourth-order valence-corrected chi connectivity index (χ4v) is 1.76. The van der Waals surface area contributed by atoms with E-state index in [2.05, 4.69) is 4.98 Å². The first-order valence-corrected chi connectivity index (χ1v) is 5.43. The maximum absolute atomic E-state index is 8.71. The molecule has 1 rings (SSSR count). The zero-order valence-corrected chi connectivity index (χ0v) is 9.21. The van der Waals surface area contributed by atoms with Gasteiger partial charge in [-0.3, -0.25) is 10.4 Å². The van der Waals surface area contributed by atoms with E-state index in [4.69, 9.17) is 10.7 Å². The van der Waals surface area contributed by atoms with Gasteiger partial charge in [-0.1, -0.05) is 12.1 Å². The highest BCUT2D eigenvalue weighted by molar-refractivity contribution is 8.13. The topological polar surface area (TPSA) is 60.5 Å². The van der Waals surface area contributed by atoms with E-state index in [1.54, 1.807) is 25.4 Å². The SMILES string of the molecule is C/C=C(\C#N)C(=N)SCc1cccnc1. The molecule has 3 nitrogen and oxygen atoms in total. The molecule has 0 aliphatic rings. The third-order valence-electron chi connectivity index (χ3n) is 1.76. The first-order valence-electron chi connectivity index (χ1n) is 4.45. The van der Waals surface area contributed by atoms with Gasteiger partial charge in [-0.25, -0.2) is 0 Å². The second-order valence-electron chi connectivity index (χ2n) is 2.79. The Morgan fingerprint density at radius 2 is 2.53 bits per heavy atom. The number of allylic oxidation sites excluding steroid dienone is 1. The minimum atomic E-state index is 0.309. The summed E-state index contributed by atoms with van der Waals surface area (Å²) in [4.78, 5) is 3.98. The second-order valence-corrected chi connectivity index (χ2v) is 3.78. The van der Waals surface area contributed by atoms with Gasteiger partial charge in [0.2, 0.25) is 0 Å². The fraction of sp³-hybridized carbons (Fsp3) is 0.182. The number of rotatable bonds is 3. The van der Waals surface area contributed by atoms with Crippen LogP contribution in [0.25, 0.3) is 0 Å². The third kappa shape index (κ3) is 3.56. The average Bonchev–Trinajstić information content (AvgIpc) is 2.29. The monoisotopic (exact) mass is 217 g/mol. The summed E-state index contributed by atoms with van der Waals surface area (Å²) in [5, 5.41) is 16.7. The quantitative estimate of drug-likeness (QED) is 0.481. The Morgan fingerprint density at radius 3 is 3.07 bits per heavy atom. The van der Waals surface area contributed by atoms with Gasteiger partial charge >= 0.3 is 0 Å². The van der Waals surface area contributed by atoms with Gasteiger partial charge in [-0.2, -0.15) is 5.26 Å². The molecule has 0 aliphatic heterocycles. The Morgan fingerprint density at radius 1 is 1.73 bits per heavy atom. The zero-order valence-electron chi connectivity index (χ0n) is 8.40. The van der Waals surface area contributed by atoms with Crippen LogP contribution in [-0.2, 0) is 5.75 Å². The van der Waals surface area contributed by atoms with Crippen molar-refractivity contribution in [3.05, 3.63) is 41.7 Å². The van der Waals surface area contributed by atoms with E-state index >= 15 is 0 Å². The summed E-state index contributed by atoms with van der Waals surface area (Å²) in [5.41, 5.74) is 1.48. The summed E-state index contributed by atoms with van der Waals surface area (Å²) in [5.74, 6) is 0.672. The Labute approximate surface area is 93.4 Å². The lowest BCUT2D eigenvalue weighted by Gasteiger charge is -2.01. The van der Waals surface area contributed by atoms with Gasteiger partial charge in [0.05, 0.1) is 5.57 Å². The number of pyridine rings is 1. The standard InChI is InChI=1S/C11H11N3S/c1-2-10(6-12)11(13)15-8-9-4-3-5-14-7-9/h2-5,7,13H,8H2,1H3/b10-2+,13-11?. The molecule has 0 saturated carbocycles. The van der Waals surface area contributed by atoms with Crippen LogP contribution in [0.4, 0.5) is 0 Å². The minimum Gasteiger partial charge on any atom is -0.293 e.